The molecule has 0 aromatic rings. The van der Waals surface area contributed by atoms with Crippen molar-refractivity contribution in [3.05, 3.63) is 0 Å². The molecule has 0 aromatic heterocycles. The monoisotopic (exact) mass is 203 g/mol. The van der Waals surface area contributed by atoms with Crippen LogP contribution in [0, 0.1) is 0 Å². The van der Waals surface area contributed by atoms with E-state index in [0.29, 0.717) is 0 Å². The molecule has 0 unspecified atom stereocenters. The van der Waals surface area contributed by atoms with Crippen LogP contribution in [0.3, 0.4) is 0 Å². The fourth-order valence-corrected chi connectivity index (χ4v) is 1.40. The van der Waals surface area contributed by atoms with Gasteiger partial charge >= 0.3 is 0 Å². The summed E-state index contributed by atoms with van der Waals surface area (Å²) in [5.41, 5.74) is 1.01. The summed E-state index contributed by atoms with van der Waals surface area (Å²) in [7, 11) is -1.08. The van der Waals surface area contributed by atoms with Crippen molar-refractivity contribution in [1.82, 2.24) is 0 Å². The third kappa shape index (κ3) is 5.97. The van der Waals surface area contributed by atoms with Crippen LogP contribution < -0.4 is 0 Å². The Morgan fingerprint density at radius 1 is 1.38 bits per heavy atom. The maximum Gasteiger partial charge on any atom is 0.144 e. The molecule has 3 heteroatoms. The molecule has 0 heterocycles. The first-order chi connectivity index (χ1) is 5.88. The van der Waals surface area contributed by atoms with Crippen LogP contribution in [0.4, 0.5) is 0 Å². The summed E-state index contributed by atoms with van der Waals surface area (Å²) < 4.78 is 15.5. The number of rotatable bonds is 4. The maximum atomic E-state index is 11.6. The third-order valence-electron chi connectivity index (χ3n) is 1.65. The Morgan fingerprint density at radius 2 is 1.92 bits per heavy atom. The minimum absolute atomic E-state index is 0.229. The van der Waals surface area contributed by atoms with E-state index in [0.717, 1.165) is 25.0 Å². The Hall–Kier alpha value is -0.180. The summed E-state index contributed by atoms with van der Waals surface area (Å²) in [5, 5.41) is 0. The summed E-state index contributed by atoms with van der Waals surface area (Å²) >= 11 is 0. The maximum absolute atomic E-state index is 11.6. The molecule has 0 bridgehead atoms. The summed E-state index contributed by atoms with van der Waals surface area (Å²) in [6.07, 6.45) is 3.27. The van der Waals surface area contributed by atoms with Gasteiger partial charge in [0.1, 0.15) is 11.0 Å². The van der Waals surface area contributed by atoms with Crippen LogP contribution in [0.15, 0.2) is 4.40 Å². The van der Waals surface area contributed by atoms with Crippen molar-refractivity contribution in [2.75, 3.05) is 0 Å². The summed E-state index contributed by atoms with van der Waals surface area (Å²) in [5.74, 6) is 0. The van der Waals surface area contributed by atoms with Crippen molar-refractivity contribution in [2.45, 2.75) is 58.6 Å². The average Bonchev–Trinajstić information content (AvgIpc) is 1.99. The van der Waals surface area contributed by atoms with E-state index in [2.05, 4.69) is 11.3 Å². The fraction of sp³-hybridized carbons (Fsp3) is 0.900. The molecule has 0 spiro atoms. The minimum atomic E-state index is -1.08. The molecular weight excluding hydrogens is 182 g/mol. The van der Waals surface area contributed by atoms with E-state index in [1.807, 2.05) is 27.7 Å². The van der Waals surface area contributed by atoms with Gasteiger partial charge in [-0.2, -0.15) is 4.40 Å². The van der Waals surface area contributed by atoms with Gasteiger partial charge in [0, 0.05) is 5.71 Å². The van der Waals surface area contributed by atoms with Crippen LogP contribution in [0.5, 0.6) is 0 Å². The SMILES string of the molecule is CCCC/C(C)=N/[S@](=O)C(C)(C)C. The van der Waals surface area contributed by atoms with Crippen molar-refractivity contribution in [2.24, 2.45) is 4.40 Å². The van der Waals surface area contributed by atoms with Crippen molar-refractivity contribution in [1.29, 1.82) is 0 Å². The van der Waals surface area contributed by atoms with Gasteiger partial charge in [-0.3, -0.25) is 0 Å². The lowest BCUT2D eigenvalue weighted by Gasteiger charge is -2.13. The van der Waals surface area contributed by atoms with Crippen LogP contribution >= 0.6 is 0 Å². The van der Waals surface area contributed by atoms with Gasteiger partial charge in [-0.15, -0.1) is 0 Å². The van der Waals surface area contributed by atoms with Gasteiger partial charge in [0.05, 0.1) is 4.75 Å². The molecule has 0 rings (SSSR count). The van der Waals surface area contributed by atoms with Crippen LogP contribution in [-0.4, -0.2) is 14.7 Å². The zero-order valence-corrected chi connectivity index (χ0v) is 10.2. The molecule has 0 aliphatic carbocycles. The third-order valence-corrected chi connectivity index (χ3v) is 3.18. The van der Waals surface area contributed by atoms with Gasteiger partial charge in [-0.25, -0.2) is 4.21 Å². The van der Waals surface area contributed by atoms with Gasteiger partial charge in [-0.05, 0) is 40.5 Å². The lowest BCUT2D eigenvalue weighted by Crippen LogP contribution is -2.20. The van der Waals surface area contributed by atoms with E-state index < -0.39 is 11.0 Å². The molecule has 13 heavy (non-hydrogen) atoms. The molecule has 0 N–H and O–H groups in total. The predicted octanol–water partition coefficient (Wildman–Crippen LogP) is 3.10. The summed E-state index contributed by atoms with van der Waals surface area (Å²) in [4.78, 5) is 0. The van der Waals surface area contributed by atoms with E-state index in [4.69, 9.17) is 0 Å². The normalized spacial score (nSPS) is 15.9. The van der Waals surface area contributed by atoms with Gasteiger partial charge in [0.2, 0.25) is 0 Å². The van der Waals surface area contributed by atoms with Crippen molar-refractivity contribution in [3.8, 4) is 0 Å². The molecular formula is C10H21NOS. The average molecular weight is 203 g/mol. The van der Waals surface area contributed by atoms with Crippen LogP contribution in [-0.2, 0) is 11.0 Å². The molecule has 0 aliphatic rings. The standard InChI is InChI=1S/C10H21NOS/c1-6-7-8-9(2)11-13(12)10(3,4)5/h6-8H2,1-5H3/b11-9+/t13-/m1/s1. The smallest absolute Gasteiger partial charge is 0.144 e. The number of hydrogen-bond donors (Lipinski definition) is 0. The largest absolute Gasteiger partial charge is 0.234 e. The molecule has 0 saturated heterocycles. The topological polar surface area (TPSA) is 29.4 Å². The van der Waals surface area contributed by atoms with Crippen molar-refractivity contribution < 1.29 is 4.21 Å². The Bertz CT molecular complexity index is 203. The molecule has 1 atom stereocenters. The van der Waals surface area contributed by atoms with Gasteiger partial charge < -0.3 is 0 Å². The second kappa shape index (κ2) is 5.53. The molecule has 0 saturated carbocycles. The Balaban J connectivity index is 4.15. The Morgan fingerprint density at radius 3 is 2.31 bits per heavy atom. The summed E-state index contributed by atoms with van der Waals surface area (Å²) in [6, 6.07) is 0. The molecule has 0 radical (unpaired) electrons. The Labute approximate surface area is 84.4 Å². The highest BCUT2D eigenvalue weighted by Crippen LogP contribution is 2.13. The molecule has 0 aromatic carbocycles. The van der Waals surface area contributed by atoms with E-state index in [9.17, 15) is 4.21 Å². The first kappa shape index (κ1) is 12.8. The van der Waals surface area contributed by atoms with Crippen LogP contribution in [0.1, 0.15) is 53.9 Å². The quantitative estimate of drug-likeness (QED) is 0.646. The lowest BCUT2D eigenvalue weighted by atomic mass is 10.2. The minimum Gasteiger partial charge on any atom is -0.234 e. The molecule has 0 fully saturated rings. The number of nitrogens with zero attached hydrogens (tertiary/aromatic N) is 1. The first-order valence-corrected chi connectivity index (χ1v) is 5.94. The zero-order valence-electron chi connectivity index (χ0n) is 9.39. The molecule has 0 amide bonds. The van der Waals surface area contributed by atoms with E-state index >= 15 is 0 Å². The second-order valence-corrected chi connectivity index (χ2v) is 6.20. The summed E-state index contributed by atoms with van der Waals surface area (Å²) in [6.45, 7) is 9.94. The molecule has 78 valence electrons. The lowest BCUT2D eigenvalue weighted by molar-refractivity contribution is 0.650. The Kier molecular flexibility index (Phi) is 5.45. The highest BCUT2D eigenvalue weighted by Gasteiger charge is 2.18. The van der Waals surface area contributed by atoms with E-state index in [1.54, 1.807) is 0 Å². The highest BCUT2D eigenvalue weighted by molar-refractivity contribution is 7.85. The van der Waals surface area contributed by atoms with E-state index in [1.165, 1.54) is 0 Å². The number of hydrogen-bond acceptors (Lipinski definition) is 1. The van der Waals surface area contributed by atoms with Gasteiger partial charge in [-0.1, -0.05) is 13.3 Å². The van der Waals surface area contributed by atoms with Gasteiger partial charge in [0.25, 0.3) is 0 Å². The molecule has 2 nitrogen and oxygen atoms in total. The van der Waals surface area contributed by atoms with Crippen LogP contribution in [0.2, 0.25) is 0 Å². The van der Waals surface area contributed by atoms with Gasteiger partial charge in [0.15, 0.2) is 0 Å². The van der Waals surface area contributed by atoms with E-state index in [-0.39, 0.29) is 4.75 Å². The van der Waals surface area contributed by atoms with Crippen molar-refractivity contribution >= 4 is 16.7 Å². The predicted molar refractivity (Wildman–Crippen MR) is 60.5 cm³/mol. The zero-order chi connectivity index (χ0) is 10.5. The van der Waals surface area contributed by atoms with Crippen LogP contribution in [0.25, 0.3) is 0 Å². The highest BCUT2D eigenvalue weighted by atomic mass is 32.2. The molecule has 0 aliphatic heterocycles. The number of unbranched alkanes of at least 4 members (excludes halogenated alkanes) is 1. The fourth-order valence-electron chi connectivity index (χ4n) is 0.757. The van der Waals surface area contributed by atoms with Crippen molar-refractivity contribution in [3.63, 3.8) is 0 Å². The first-order valence-electron chi connectivity index (χ1n) is 4.84. The second-order valence-electron chi connectivity index (χ2n) is 4.29.